The van der Waals surface area contributed by atoms with Gasteiger partial charge in [0.1, 0.15) is 11.6 Å². The van der Waals surface area contributed by atoms with Crippen molar-refractivity contribution in [3.63, 3.8) is 0 Å². The van der Waals surface area contributed by atoms with Crippen LogP contribution >= 0.6 is 0 Å². The Morgan fingerprint density at radius 2 is 2.04 bits per heavy atom. The lowest BCUT2D eigenvalue weighted by atomic mass is 9.73. The number of H-pyrrole nitrogens is 1. The number of nitrogens with two attached hydrogens (primary N) is 1. The van der Waals surface area contributed by atoms with E-state index in [9.17, 15) is 4.39 Å². The van der Waals surface area contributed by atoms with Crippen LogP contribution in [0.15, 0.2) is 18.2 Å². The Bertz CT molecular complexity index is 956. The maximum absolute atomic E-state index is 14.1. The molecule has 1 aliphatic carbocycles. The Labute approximate surface area is 140 Å². The van der Waals surface area contributed by atoms with Crippen molar-refractivity contribution in [2.75, 3.05) is 5.73 Å². The standard InChI is InChI=1S/C19H21FN4/c1-10-11(5-4-6-14(10)20)16-12-7-8-19(2,3)9-13(12)15-17(21)23-24-18(15)22-16/h4-6H,7-9H2,1-3H3,(H3,21,22,23,24). The molecule has 2 heterocycles. The van der Waals surface area contributed by atoms with Crippen LogP contribution in [0.1, 0.15) is 37.0 Å². The molecule has 0 aliphatic heterocycles. The number of rotatable bonds is 1. The first-order valence-corrected chi connectivity index (χ1v) is 8.28. The van der Waals surface area contributed by atoms with Crippen LogP contribution in [0.3, 0.4) is 0 Å². The SMILES string of the molecule is Cc1c(F)cccc1-c1nc2n[nH]c(N)c2c2c1CCC(C)(C)C2. The first-order valence-electron chi connectivity index (χ1n) is 8.28. The van der Waals surface area contributed by atoms with E-state index in [1.54, 1.807) is 13.0 Å². The van der Waals surface area contributed by atoms with Crippen LogP contribution < -0.4 is 5.73 Å². The van der Waals surface area contributed by atoms with Gasteiger partial charge in [0.2, 0.25) is 0 Å². The van der Waals surface area contributed by atoms with Gasteiger partial charge >= 0.3 is 0 Å². The lowest BCUT2D eigenvalue weighted by Crippen LogP contribution is -2.23. The van der Waals surface area contributed by atoms with Crippen molar-refractivity contribution in [1.29, 1.82) is 0 Å². The summed E-state index contributed by atoms with van der Waals surface area (Å²) < 4.78 is 14.1. The predicted octanol–water partition coefficient (Wildman–Crippen LogP) is 4.17. The van der Waals surface area contributed by atoms with Crippen molar-refractivity contribution in [2.24, 2.45) is 5.41 Å². The molecule has 0 radical (unpaired) electrons. The molecule has 0 spiro atoms. The minimum absolute atomic E-state index is 0.208. The van der Waals surface area contributed by atoms with Crippen LogP contribution in [0.4, 0.5) is 10.2 Å². The second kappa shape index (κ2) is 5.03. The summed E-state index contributed by atoms with van der Waals surface area (Å²) in [6.07, 6.45) is 2.92. The molecule has 0 saturated heterocycles. The van der Waals surface area contributed by atoms with E-state index in [-0.39, 0.29) is 11.2 Å². The van der Waals surface area contributed by atoms with Gasteiger partial charge in [-0.2, -0.15) is 5.10 Å². The Hall–Kier alpha value is -2.43. The number of fused-ring (bicyclic) bond motifs is 3. The van der Waals surface area contributed by atoms with Gasteiger partial charge < -0.3 is 5.73 Å². The summed E-state index contributed by atoms with van der Waals surface area (Å²) in [5.74, 6) is 0.356. The van der Waals surface area contributed by atoms with Crippen LogP contribution in [0.5, 0.6) is 0 Å². The van der Waals surface area contributed by atoms with Crippen molar-refractivity contribution in [3.8, 4) is 11.3 Å². The fourth-order valence-electron chi connectivity index (χ4n) is 3.77. The minimum atomic E-state index is -0.208. The van der Waals surface area contributed by atoms with Gasteiger partial charge in [0.25, 0.3) is 0 Å². The Morgan fingerprint density at radius 1 is 1.25 bits per heavy atom. The Morgan fingerprint density at radius 3 is 2.83 bits per heavy atom. The average Bonchev–Trinajstić information content (AvgIpc) is 2.90. The third kappa shape index (κ3) is 2.19. The van der Waals surface area contributed by atoms with E-state index >= 15 is 0 Å². The largest absolute Gasteiger partial charge is 0.384 e. The number of nitrogens with zero attached hydrogens (tertiary/aromatic N) is 2. The minimum Gasteiger partial charge on any atom is -0.384 e. The molecule has 0 bridgehead atoms. The zero-order chi connectivity index (χ0) is 17.1. The molecular formula is C19H21FN4. The van der Waals surface area contributed by atoms with Gasteiger partial charge in [0.05, 0.1) is 11.1 Å². The smallest absolute Gasteiger partial charge is 0.183 e. The van der Waals surface area contributed by atoms with Gasteiger partial charge in [-0.15, -0.1) is 0 Å². The maximum Gasteiger partial charge on any atom is 0.183 e. The highest BCUT2D eigenvalue weighted by Gasteiger charge is 2.31. The highest BCUT2D eigenvalue weighted by molar-refractivity contribution is 5.93. The molecule has 1 aliphatic rings. The number of nitrogens with one attached hydrogen (secondary N) is 1. The molecule has 2 aromatic heterocycles. The van der Waals surface area contributed by atoms with E-state index in [0.717, 1.165) is 35.9 Å². The zero-order valence-corrected chi connectivity index (χ0v) is 14.2. The highest BCUT2D eigenvalue weighted by atomic mass is 19.1. The molecule has 4 nitrogen and oxygen atoms in total. The van der Waals surface area contributed by atoms with Crippen molar-refractivity contribution >= 4 is 16.9 Å². The number of hydrogen-bond acceptors (Lipinski definition) is 3. The summed E-state index contributed by atoms with van der Waals surface area (Å²) in [7, 11) is 0. The quantitative estimate of drug-likeness (QED) is 0.706. The molecule has 3 N–H and O–H groups in total. The number of hydrogen-bond donors (Lipinski definition) is 2. The molecule has 4 rings (SSSR count). The molecular weight excluding hydrogens is 303 g/mol. The third-order valence-electron chi connectivity index (χ3n) is 5.17. The van der Waals surface area contributed by atoms with Gasteiger partial charge in [0, 0.05) is 5.56 Å². The third-order valence-corrected chi connectivity index (χ3v) is 5.17. The molecule has 0 fully saturated rings. The van der Waals surface area contributed by atoms with Crippen LogP contribution in [-0.2, 0) is 12.8 Å². The monoisotopic (exact) mass is 324 g/mol. The molecule has 0 saturated carbocycles. The summed E-state index contributed by atoms with van der Waals surface area (Å²) in [5.41, 5.74) is 11.6. The van der Waals surface area contributed by atoms with Crippen molar-refractivity contribution in [2.45, 2.75) is 40.0 Å². The van der Waals surface area contributed by atoms with E-state index < -0.39 is 0 Å². The Balaban J connectivity index is 2.06. The van der Waals surface area contributed by atoms with Crippen molar-refractivity contribution in [3.05, 3.63) is 40.7 Å². The summed E-state index contributed by atoms with van der Waals surface area (Å²) in [4.78, 5) is 4.74. The fourth-order valence-corrected chi connectivity index (χ4v) is 3.77. The topological polar surface area (TPSA) is 67.6 Å². The van der Waals surface area contributed by atoms with Crippen molar-refractivity contribution in [1.82, 2.24) is 15.2 Å². The van der Waals surface area contributed by atoms with E-state index in [2.05, 4.69) is 24.0 Å². The van der Waals surface area contributed by atoms with Crippen LogP contribution in [0.2, 0.25) is 0 Å². The number of aromatic nitrogens is 3. The normalized spacial score (nSPS) is 16.3. The molecule has 1 aromatic carbocycles. The number of nitrogen functional groups attached to an aromatic ring is 1. The van der Waals surface area contributed by atoms with Gasteiger partial charge in [0.15, 0.2) is 5.65 Å². The number of pyridine rings is 1. The number of anilines is 1. The summed E-state index contributed by atoms with van der Waals surface area (Å²) in [6.45, 7) is 6.34. The molecule has 5 heteroatoms. The summed E-state index contributed by atoms with van der Waals surface area (Å²) in [6, 6.07) is 5.16. The van der Waals surface area contributed by atoms with Gasteiger partial charge in [-0.1, -0.05) is 26.0 Å². The van der Waals surface area contributed by atoms with E-state index in [4.69, 9.17) is 10.7 Å². The summed E-state index contributed by atoms with van der Waals surface area (Å²) >= 11 is 0. The molecule has 0 atom stereocenters. The Kier molecular flexibility index (Phi) is 3.17. The molecule has 0 unspecified atom stereocenters. The second-order valence-electron chi connectivity index (χ2n) is 7.51. The first-order chi connectivity index (χ1) is 11.4. The predicted molar refractivity (Wildman–Crippen MR) is 94.2 cm³/mol. The van der Waals surface area contributed by atoms with Gasteiger partial charge in [-0.25, -0.2) is 9.37 Å². The van der Waals surface area contributed by atoms with E-state index in [1.807, 2.05) is 6.07 Å². The molecule has 24 heavy (non-hydrogen) atoms. The lowest BCUT2D eigenvalue weighted by Gasteiger charge is -2.32. The van der Waals surface area contributed by atoms with Gasteiger partial charge in [-0.05, 0) is 54.4 Å². The average molecular weight is 324 g/mol. The molecule has 0 amide bonds. The molecule has 124 valence electrons. The van der Waals surface area contributed by atoms with Crippen LogP contribution in [-0.4, -0.2) is 15.2 Å². The zero-order valence-electron chi connectivity index (χ0n) is 14.2. The highest BCUT2D eigenvalue weighted by Crippen LogP contribution is 2.42. The van der Waals surface area contributed by atoms with Crippen LogP contribution in [0, 0.1) is 18.2 Å². The maximum atomic E-state index is 14.1. The number of halogens is 1. The van der Waals surface area contributed by atoms with E-state index in [0.29, 0.717) is 17.0 Å². The number of aromatic amines is 1. The number of benzene rings is 1. The fraction of sp³-hybridized carbons (Fsp3) is 0.368. The second-order valence-corrected chi connectivity index (χ2v) is 7.51. The molecule has 3 aromatic rings. The summed E-state index contributed by atoms with van der Waals surface area (Å²) in [5, 5.41) is 8.03. The van der Waals surface area contributed by atoms with E-state index in [1.165, 1.54) is 17.2 Å². The van der Waals surface area contributed by atoms with Gasteiger partial charge in [-0.3, -0.25) is 5.10 Å². The van der Waals surface area contributed by atoms with Crippen molar-refractivity contribution < 1.29 is 4.39 Å². The van der Waals surface area contributed by atoms with Crippen LogP contribution in [0.25, 0.3) is 22.3 Å². The lowest BCUT2D eigenvalue weighted by molar-refractivity contribution is 0.317. The first kappa shape index (κ1) is 15.1.